The molecule has 0 amide bonds. The standard InChI is InChI=1S/C36H33Cl2N3O2/c37-29-10-5-24(6-11-29)34(25-7-12-30(38)13-8-25)28-9-16-33-32(21-28)35(39-41(33)31-14-15-31)26-17-19-40(20-18-26)22-23-1-3-27(4-2-23)36(42)43/h1-13,16,21,26,31,34H,14-15,17-20,22H2,(H,42,43). The van der Waals surface area contributed by atoms with Gasteiger partial charge in [0.25, 0.3) is 0 Å². The SMILES string of the molecule is O=C(O)c1ccc(CN2CCC(c3nn(C4CC4)c4ccc(C(c5ccc(Cl)cc5)c5ccc(Cl)cc5)cc34)CC2)cc1. The monoisotopic (exact) mass is 609 g/mol. The highest BCUT2D eigenvalue weighted by molar-refractivity contribution is 6.30. The van der Waals surface area contributed by atoms with Crippen molar-refractivity contribution in [1.29, 1.82) is 0 Å². The number of fused-ring (bicyclic) bond motifs is 1. The van der Waals surface area contributed by atoms with Gasteiger partial charge >= 0.3 is 5.97 Å². The zero-order chi connectivity index (χ0) is 29.5. The molecule has 1 N–H and O–H groups in total. The lowest BCUT2D eigenvalue weighted by Crippen LogP contribution is -2.32. The van der Waals surface area contributed by atoms with Crippen LogP contribution in [0.15, 0.2) is 91.0 Å². The molecule has 0 atom stereocenters. The topological polar surface area (TPSA) is 58.4 Å². The number of aromatic carboxylic acids is 1. The summed E-state index contributed by atoms with van der Waals surface area (Å²) in [7, 11) is 0. The molecule has 7 heteroatoms. The Bertz CT molecular complexity index is 1710. The van der Waals surface area contributed by atoms with Gasteiger partial charge in [0.2, 0.25) is 0 Å². The lowest BCUT2D eigenvalue weighted by molar-refractivity contribution is 0.0697. The first-order valence-electron chi connectivity index (χ1n) is 15.0. The molecule has 5 nitrogen and oxygen atoms in total. The van der Waals surface area contributed by atoms with E-state index in [0.29, 0.717) is 17.5 Å². The highest BCUT2D eigenvalue weighted by atomic mass is 35.5. The van der Waals surface area contributed by atoms with E-state index in [1.807, 2.05) is 36.4 Å². The maximum atomic E-state index is 11.2. The van der Waals surface area contributed by atoms with Gasteiger partial charge in [0.15, 0.2) is 0 Å². The van der Waals surface area contributed by atoms with Crippen molar-refractivity contribution in [1.82, 2.24) is 14.7 Å². The van der Waals surface area contributed by atoms with Crippen molar-refractivity contribution in [3.63, 3.8) is 0 Å². The molecule has 1 aromatic heterocycles. The fraction of sp³-hybridized carbons (Fsp3) is 0.278. The fourth-order valence-corrected chi connectivity index (χ4v) is 6.78. The van der Waals surface area contributed by atoms with Crippen LogP contribution in [0.1, 0.15) is 81.9 Å². The zero-order valence-corrected chi connectivity index (χ0v) is 25.3. The van der Waals surface area contributed by atoms with Crippen LogP contribution in [-0.2, 0) is 6.54 Å². The molecule has 7 rings (SSSR count). The number of benzene rings is 4. The summed E-state index contributed by atoms with van der Waals surface area (Å²) in [6.07, 6.45) is 4.47. The summed E-state index contributed by atoms with van der Waals surface area (Å²) in [6, 6.07) is 31.0. The molecule has 1 saturated heterocycles. The highest BCUT2D eigenvalue weighted by Crippen LogP contribution is 2.42. The molecule has 1 aliphatic carbocycles. The third-order valence-corrected chi connectivity index (χ3v) is 9.48. The summed E-state index contributed by atoms with van der Waals surface area (Å²) >= 11 is 12.5. The molecule has 0 spiro atoms. The Kier molecular flexibility index (Phi) is 7.72. The molecule has 1 aliphatic heterocycles. The minimum absolute atomic E-state index is 0.0467. The van der Waals surface area contributed by atoms with Crippen LogP contribution < -0.4 is 0 Å². The molecular weight excluding hydrogens is 577 g/mol. The molecule has 0 unspecified atom stereocenters. The largest absolute Gasteiger partial charge is 0.478 e. The van der Waals surface area contributed by atoms with Gasteiger partial charge in [-0.2, -0.15) is 5.10 Å². The molecule has 4 aromatic carbocycles. The van der Waals surface area contributed by atoms with Gasteiger partial charge in [0.1, 0.15) is 0 Å². The lowest BCUT2D eigenvalue weighted by Gasteiger charge is -2.31. The normalized spacial score (nSPS) is 16.3. The molecule has 1 saturated carbocycles. The van der Waals surface area contributed by atoms with E-state index in [0.717, 1.165) is 48.1 Å². The minimum Gasteiger partial charge on any atom is -0.478 e. The van der Waals surface area contributed by atoms with Gasteiger partial charge in [-0.1, -0.05) is 65.7 Å². The molecular formula is C36H33Cl2N3O2. The van der Waals surface area contributed by atoms with Crippen LogP contribution >= 0.6 is 23.2 Å². The van der Waals surface area contributed by atoms with Gasteiger partial charge in [-0.05, 0) is 110 Å². The van der Waals surface area contributed by atoms with Crippen molar-refractivity contribution in [2.75, 3.05) is 13.1 Å². The van der Waals surface area contributed by atoms with Crippen molar-refractivity contribution in [2.45, 2.75) is 50.1 Å². The van der Waals surface area contributed by atoms with Crippen LogP contribution in [0.3, 0.4) is 0 Å². The van der Waals surface area contributed by atoms with Crippen LogP contribution in [0.4, 0.5) is 0 Å². The van der Waals surface area contributed by atoms with Crippen molar-refractivity contribution in [3.8, 4) is 0 Å². The maximum absolute atomic E-state index is 11.2. The number of rotatable bonds is 8. The number of hydrogen-bond acceptors (Lipinski definition) is 3. The number of carbonyl (C=O) groups is 1. The van der Waals surface area contributed by atoms with E-state index in [1.165, 1.54) is 46.1 Å². The minimum atomic E-state index is -0.888. The van der Waals surface area contributed by atoms with Gasteiger partial charge in [0.05, 0.1) is 22.8 Å². The number of halogens is 2. The first-order chi connectivity index (χ1) is 20.9. The Morgan fingerprint density at radius 3 is 1.93 bits per heavy atom. The van der Waals surface area contributed by atoms with Gasteiger partial charge < -0.3 is 5.11 Å². The van der Waals surface area contributed by atoms with E-state index in [-0.39, 0.29) is 5.92 Å². The third-order valence-electron chi connectivity index (χ3n) is 8.97. The number of nitrogens with zero attached hydrogens (tertiary/aromatic N) is 3. The Hall–Kier alpha value is -3.64. The predicted molar refractivity (Wildman–Crippen MR) is 173 cm³/mol. The van der Waals surface area contributed by atoms with E-state index >= 15 is 0 Å². The van der Waals surface area contributed by atoms with Crippen LogP contribution in [0, 0.1) is 0 Å². The summed E-state index contributed by atoms with van der Waals surface area (Å²) in [5.74, 6) is -0.445. The Balaban J connectivity index is 1.19. The van der Waals surface area contributed by atoms with Gasteiger partial charge in [-0.15, -0.1) is 0 Å². The predicted octanol–water partition coefficient (Wildman–Crippen LogP) is 8.94. The second-order valence-corrected chi connectivity index (χ2v) is 12.8. The molecule has 0 bridgehead atoms. The average Bonchev–Trinajstić information content (AvgIpc) is 3.80. The molecule has 0 radical (unpaired) electrons. The Morgan fingerprint density at radius 1 is 0.791 bits per heavy atom. The van der Waals surface area contributed by atoms with Gasteiger partial charge in [0, 0.05) is 33.8 Å². The van der Waals surface area contributed by atoms with Crippen molar-refractivity contribution in [3.05, 3.63) is 135 Å². The first kappa shape index (κ1) is 28.1. The molecule has 43 heavy (non-hydrogen) atoms. The van der Waals surface area contributed by atoms with Crippen LogP contribution in [0.25, 0.3) is 10.9 Å². The molecule has 218 valence electrons. The molecule has 2 aliphatic rings. The summed E-state index contributed by atoms with van der Waals surface area (Å²) < 4.78 is 2.28. The number of likely N-dealkylation sites (tertiary alicyclic amines) is 1. The van der Waals surface area contributed by atoms with E-state index < -0.39 is 5.97 Å². The van der Waals surface area contributed by atoms with Crippen molar-refractivity contribution in [2.24, 2.45) is 0 Å². The zero-order valence-electron chi connectivity index (χ0n) is 23.8. The fourth-order valence-electron chi connectivity index (χ4n) is 6.52. The Morgan fingerprint density at radius 2 is 1.37 bits per heavy atom. The van der Waals surface area contributed by atoms with Gasteiger partial charge in [-0.3, -0.25) is 9.58 Å². The molecule has 5 aromatic rings. The maximum Gasteiger partial charge on any atom is 0.335 e. The van der Waals surface area contributed by atoms with E-state index in [9.17, 15) is 9.90 Å². The van der Waals surface area contributed by atoms with E-state index in [2.05, 4.69) is 52.0 Å². The summed E-state index contributed by atoms with van der Waals surface area (Å²) in [5.41, 5.74) is 7.53. The average molecular weight is 611 g/mol. The second-order valence-electron chi connectivity index (χ2n) is 11.9. The third kappa shape index (κ3) is 5.95. The molecule has 2 fully saturated rings. The lowest BCUT2D eigenvalue weighted by atomic mass is 9.84. The highest BCUT2D eigenvalue weighted by Gasteiger charge is 2.31. The smallest absolute Gasteiger partial charge is 0.335 e. The van der Waals surface area contributed by atoms with Gasteiger partial charge in [-0.25, -0.2) is 4.79 Å². The number of aromatic nitrogens is 2. The number of hydrogen-bond donors (Lipinski definition) is 1. The van der Waals surface area contributed by atoms with E-state index in [1.54, 1.807) is 12.1 Å². The van der Waals surface area contributed by atoms with Crippen LogP contribution in [-0.4, -0.2) is 38.8 Å². The Labute approximate surface area is 261 Å². The van der Waals surface area contributed by atoms with Crippen molar-refractivity contribution >= 4 is 40.1 Å². The summed E-state index contributed by atoms with van der Waals surface area (Å²) in [5, 5.41) is 17.2. The quantitative estimate of drug-likeness (QED) is 0.178. The summed E-state index contributed by atoms with van der Waals surface area (Å²) in [6.45, 7) is 2.81. The van der Waals surface area contributed by atoms with Crippen molar-refractivity contribution < 1.29 is 9.90 Å². The summed E-state index contributed by atoms with van der Waals surface area (Å²) in [4.78, 5) is 13.7. The number of piperidine rings is 1. The number of carboxylic acids is 1. The first-order valence-corrected chi connectivity index (χ1v) is 15.8. The second kappa shape index (κ2) is 11.8. The molecule has 2 heterocycles. The van der Waals surface area contributed by atoms with Crippen LogP contribution in [0.5, 0.6) is 0 Å². The number of carboxylic acid groups (broad SMARTS) is 1. The van der Waals surface area contributed by atoms with Crippen LogP contribution in [0.2, 0.25) is 10.0 Å². The van der Waals surface area contributed by atoms with E-state index in [4.69, 9.17) is 28.3 Å².